The van der Waals surface area contributed by atoms with E-state index in [0.29, 0.717) is 19.8 Å². The Kier molecular flexibility index (Phi) is 6.94. The highest BCUT2D eigenvalue weighted by Crippen LogP contribution is 2.27. The van der Waals surface area contributed by atoms with Crippen LogP contribution in [-0.2, 0) is 16.2 Å². The van der Waals surface area contributed by atoms with Gasteiger partial charge in [-0.3, -0.25) is 0 Å². The molecule has 0 saturated carbocycles. The number of hydrogen-bond donors (Lipinski definition) is 1. The van der Waals surface area contributed by atoms with E-state index in [1.165, 1.54) is 7.11 Å². The number of anilines is 1. The Hall–Kier alpha value is -2.98. The zero-order valence-electron chi connectivity index (χ0n) is 19.7. The summed E-state index contributed by atoms with van der Waals surface area (Å²) in [4.78, 5) is 27.5. The zero-order valence-corrected chi connectivity index (χ0v) is 20.7. The van der Waals surface area contributed by atoms with Crippen LogP contribution >= 0.6 is 0 Å². The summed E-state index contributed by atoms with van der Waals surface area (Å²) in [6, 6.07) is 7.07. The van der Waals surface area contributed by atoms with Crippen LogP contribution < -0.4 is 5.32 Å². The average Bonchev–Trinajstić information content (AvgIpc) is 3.42. The highest BCUT2D eigenvalue weighted by Gasteiger charge is 2.27. The van der Waals surface area contributed by atoms with Crippen molar-refractivity contribution >= 4 is 31.1 Å². The third-order valence-corrected chi connectivity index (χ3v) is 7.44. The first kappa shape index (κ1) is 23.2. The zero-order chi connectivity index (χ0) is 23.4. The van der Waals surface area contributed by atoms with E-state index in [4.69, 9.17) is 14.5 Å². The Balaban J connectivity index is 1.47. The summed E-state index contributed by atoms with van der Waals surface area (Å²) in [5.41, 5.74) is 3.24. The van der Waals surface area contributed by atoms with E-state index in [0.717, 1.165) is 47.3 Å². The Morgan fingerprint density at radius 2 is 2.12 bits per heavy atom. The number of amides is 1. The quantitative estimate of drug-likeness (QED) is 0.393. The molecule has 0 aromatic carbocycles. The van der Waals surface area contributed by atoms with Crippen LogP contribution in [0.4, 0.5) is 10.6 Å². The van der Waals surface area contributed by atoms with E-state index in [9.17, 15) is 4.79 Å². The van der Waals surface area contributed by atoms with Crippen LogP contribution in [0.15, 0.2) is 36.8 Å². The molecule has 1 aliphatic heterocycles. The fourth-order valence-corrected chi connectivity index (χ4v) is 4.59. The normalized spacial score (nSPS) is 16.4. The summed E-state index contributed by atoms with van der Waals surface area (Å²) < 4.78 is 12.7. The number of fused-ring (bicyclic) bond motifs is 1. The molecule has 0 radical (unpaired) electrons. The van der Waals surface area contributed by atoms with E-state index in [-0.39, 0.29) is 12.1 Å². The number of rotatable bonds is 8. The van der Waals surface area contributed by atoms with Crippen LogP contribution in [0.1, 0.15) is 6.42 Å². The lowest BCUT2D eigenvalue weighted by Gasteiger charge is -2.17. The van der Waals surface area contributed by atoms with Gasteiger partial charge in [-0.25, -0.2) is 19.7 Å². The molecule has 10 heteroatoms. The summed E-state index contributed by atoms with van der Waals surface area (Å²) in [6.07, 6.45) is 6.02. The van der Waals surface area contributed by atoms with Gasteiger partial charge in [-0.2, -0.15) is 0 Å². The molecule has 176 valence electrons. The van der Waals surface area contributed by atoms with Crippen molar-refractivity contribution in [2.45, 2.75) is 44.9 Å². The van der Waals surface area contributed by atoms with E-state index in [1.54, 1.807) is 17.3 Å². The second kappa shape index (κ2) is 9.88. The van der Waals surface area contributed by atoms with Gasteiger partial charge in [-0.15, -0.1) is 0 Å². The summed E-state index contributed by atoms with van der Waals surface area (Å²) in [5, 5.41) is 3.47. The smallest absolute Gasteiger partial charge is 0.409 e. The van der Waals surface area contributed by atoms with Crippen LogP contribution in [0.2, 0.25) is 25.7 Å². The molecular formula is C23H32N6O3Si. The van der Waals surface area contributed by atoms with Crippen LogP contribution in [0.3, 0.4) is 0 Å². The van der Waals surface area contributed by atoms with Crippen molar-refractivity contribution in [3.63, 3.8) is 0 Å². The fourth-order valence-electron chi connectivity index (χ4n) is 3.83. The number of carbonyl (C=O) groups is 1. The molecular weight excluding hydrogens is 436 g/mol. The van der Waals surface area contributed by atoms with Gasteiger partial charge in [0.05, 0.1) is 19.0 Å². The second-order valence-corrected chi connectivity index (χ2v) is 15.2. The molecule has 0 unspecified atom stereocenters. The molecule has 33 heavy (non-hydrogen) atoms. The van der Waals surface area contributed by atoms with Crippen LogP contribution in [0.5, 0.6) is 0 Å². The number of methoxy groups -OCH3 is 1. The van der Waals surface area contributed by atoms with Gasteiger partial charge in [0.15, 0.2) is 5.65 Å². The molecule has 0 spiro atoms. The number of ether oxygens (including phenoxy) is 2. The van der Waals surface area contributed by atoms with Gasteiger partial charge in [0.1, 0.15) is 18.1 Å². The number of pyridine rings is 1. The van der Waals surface area contributed by atoms with Gasteiger partial charge in [-0.05, 0) is 30.7 Å². The number of likely N-dealkylation sites (tertiary alicyclic amines) is 1. The van der Waals surface area contributed by atoms with Gasteiger partial charge in [-0.1, -0.05) is 19.6 Å². The minimum atomic E-state index is -1.11. The van der Waals surface area contributed by atoms with Crippen LogP contribution in [0, 0.1) is 0 Å². The number of nitrogens with zero attached hydrogens (tertiary/aromatic N) is 5. The second-order valence-electron chi connectivity index (χ2n) is 9.54. The SMILES string of the molecule is COC(=O)N1CC[C@@H](Nc2ncccc2-c2cnc3c(ccn3COCC[Si](C)(C)C)n2)C1. The predicted molar refractivity (Wildman–Crippen MR) is 131 cm³/mol. The van der Waals surface area contributed by atoms with Crippen LogP contribution in [0.25, 0.3) is 22.4 Å². The lowest BCUT2D eigenvalue weighted by Crippen LogP contribution is -2.31. The molecule has 3 aromatic heterocycles. The first-order chi connectivity index (χ1) is 15.8. The summed E-state index contributed by atoms with van der Waals surface area (Å²) in [7, 11) is 0.296. The van der Waals surface area contributed by atoms with Gasteiger partial charge in [0.25, 0.3) is 0 Å². The molecule has 9 nitrogen and oxygen atoms in total. The van der Waals surface area contributed by atoms with E-state index >= 15 is 0 Å². The minimum Gasteiger partial charge on any atom is -0.453 e. The molecule has 1 saturated heterocycles. The maximum atomic E-state index is 11.8. The summed E-state index contributed by atoms with van der Waals surface area (Å²) in [6.45, 7) is 9.51. The maximum absolute atomic E-state index is 11.8. The standard InChI is InChI=1S/C23H32N6O3Si/c1-31-23(30)28-10-7-17(15-28)26-21-18(6-5-9-24-21)20-14-25-22-19(27-20)8-11-29(22)16-32-12-13-33(2,3)4/h5-6,8-9,11,14,17H,7,10,12-13,15-16H2,1-4H3,(H,24,26)/t17-/m1/s1. The molecule has 0 aliphatic carbocycles. The third kappa shape index (κ3) is 5.69. The lowest BCUT2D eigenvalue weighted by atomic mass is 10.1. The fraction of sp³-hybridized carbons (Fsp3) is 0.478. The largest absolute Gasteiger partial charge is 0.453 e. The molecule has 4 heterocycles. The van der Waals surface area contributed by atoms with Gasteiger partial charge in [0, 0.05) is 51.8 Å². The molecule has 3 aromatic rings. The van der Waals surface area contributed by atoms with Crippen molar-refractivity contribution in [3.05, 3.63) is 36.8 Å². The number of carbonyl (C=O) groups excluding carboxylic acids is 1. The monoisotopic (exact) mass is 468 g/mol. The number of aromatic nitrogens is 4. The Labute approximate surface area is 195 Å². The van der Waals surface area contributed by atoms with Gasteiger partial charge < -0.3 is 24.3 Å². The predicted octanol–water partition coefficient (Wildman–Crippen LogP) is 4.06. The van der Waals surface area contributed by atoms with E-state index in [2.05, 4.69) is 34.9 Å². The van der Waals surface area contributed by atoms with Crippen LogP contribution in [-0.4, -0.2) is 71.4 Å². The maximum Gasteiger partial charge on any atom is 0.409 e. The molecule has 1 fully saturated rings. The lowest BCUT2D eigenvalue weighted by molar-refractivity contribution is 0.0899. The Morgan fingerprint density at radius 1 is 1.27 bits per heavy atom. The van der Waals surface area contributed by atoms with Crippen molar-refractivity contribution in [3.8, 4) is 11.3 Å². The molecule has 4 rings (SSSR count). The summed E-state index contributed by atoms with van der Waals surface area (Å²) >= 11 is 0. The molecule has 1 amide bonds. The van der Waals surface area contributed by atoms with Crippen molar-refractivity contribution in [2.75, 3.05) is 32.1 Å². The first-order valence-corrected chi connectivity index (χ1v) is 15.0. The molecule has 0 bridgehead atoms. The topological polar surface area (TPSA) is 94.4 Å². The summed E-state index contributed by atoms with van der Waals surface area (Å²) in [5.74, 6) is 0.733. The average molecular weight is 469 g/mol. The third-order valence-electron chi connectivity index (χ3n) is 5.74. The highest BCUT2D eigenvalue weighted by molar-refractivity contribution is 6.76. The van der Waals surface area contributed by atoms with Crippen molar-refractivity contribution in [1.29, 1.82) is 0 Å². The van der Waals surface area contributed by atoms with Gasteiger partial charge in [0.2, 0.25) is 0 Å². The van der Waals surface area contributed by atoms with Gasteiger partial charge >= 0.3 is 6.09 Å². The number of nitrogens with one attached hydrogen (secondary N) is 1. The van der Waals surface area contributed by atoms with Crippen molar-refractivity contribution in [2.24, 2.45) is 0 Å². The Morgan fingerprint density at radius 3 is 2.91 bits per heavy atom. The van der Waals surface area contributed by atoms with E-state index < -0.39 is 8.07 Å². The molecule has 1 aliphatic rings. The van der Waals surface area contributed by atoms with Crippen molar-refractivity contribution < 1.29 is 14.3 Å². The molecule has 1 N–H and O–H groups in total. The number of hydrogen-bond acceptors (Lipinski definition) is 7. The van der Waals surface area contributed by atoms with Crippen molar-refractivity contribution in [1.82, 2.24) is 24.4 Å². The first-order valence-electron chi connectivity index (χ1n) is 11.3. The highest BCUT2D eigenvalue weighted by atomic mass is 28.3. The Bertz CT molecular complexity index is 1110. The minimum absolute atomic E-state index is 0.101. The molecule has 1 atom stereocenters. The van der Waals surface area contributed by atoms with E-state index in [1.807, 2.05) is 29.0 Å².